The number of nitriles is 1. The number of aromatic amines is 1. The lowest BCUT2D eigenvalue weighted by molar-refractivity contribution is 0.799. The van der Waals surface area contributed by atoms with Crippen LogP contribution in [-0.4, -0.2) is 9.55 Å². The Hall–Kier alpha value is -2.38. The van der Waals surface area contributed by atoms with Crippen LogP contribution in [-0.2, 0) is 13.0 Å². The molecule has 1 aromatic heterocycles. The molecule has 0 atom stereocenters. The van der Waals surface area contributed by atoms with Crippen LogP contribution in [0.25, 0.3) is 11.0 Å². The second kappa shape index (κ2) is 5.55. The highest BCUT2D eigenvalue weighted by Crippen LogP contribution is 2.20. The van der Waals surface area contributed by atoms with E-state index in [2.05, 4.69) is 40.7 Å². The minimum atomic E-state index is 0.626. The number of hydrogen-bond donors (Lipinski definition) is 1. The molecule has 3 nitrogen and oxygen atoms in total. The highest BCUT2D eigenvalue weighted by Gasteiger charge is 2.09. The highest BCUT2D eigenvalue weighted by molar-refractivity contribution is 7.71. The minimum absolute atomic E-state index is 0.626. The zero-order chi connectivity index (χ0) is 14.8. The number of imidazole rings is 1. The van der Waals surface area contributed by atoms with Crippen LogP contribution in [0.1, 0.15) is 23.6 Å². The van der Waals surface area contributed by atoms with Gasteiger partial charge in [-0.2, -0.15) is 5.26 Å². The zero-order valence-electron chi connectivity index (χ0n) is 11.8. The SMILES string of the molecule is CCc1ccccc1Cn1c(=S)[nH]c2c(C#N)cccc21. The van der Waals surface area contributed by atoms with E-state index in [9.17, 15) is 5.26 Å². The van der Waals surface area contributed by atoms with E-state index in [-0.39, 0.29) is 0 Å². The number of hydrogen-bond acceptors (Lipinski definition) is 2. The Balaban J connectivity index is 2.16. The summed E-state index contributed by atoms with van der Waals surface area (Å²) in [5.74, 6) is 0. The molecule has 104 valence electrons. The van der Waals surface area contributed by atoms with Crippen LogP contribution in [0.3, 0.4) is 0 Å². The fraction of sp³-hybridized carbons (Fsp3) is 0.176. The second-order valence-corrected chi connectivity index (χ2v) is 5.34. The molecule has 1 heterocycles. The molecule has 0 unspecified atom stereocenters. The molecular formula is C17H15N3S. The first kappa shape index (κ1) is 13.6. The summed E-state index contributed by atoms with van der Waals surface area (Å²) in [6, 6.07) is 16.3. The smallest absolute Gasteiger partial charge is 0.178 e. The fourth-order valence-electron chi connectivity index (χ4n) is 2.66. The van der Waals surface area contributed by atoms with E-state index in [4.69, 9.17) is 12.2 Å². The predicted molar refractivity (Wildman–Crippen MR) is 86.8 cm³/mol. The van der Waals surface area contributed by atoms with Gasteiger partial charge in [0.2, 0.25) is 0 Å². The molecule has 0 saturated heterocycles. The number of nitrogens with zero attached hydrogens (tertiary/aromatic N) is 2. The lowest BCUT2D eigenvalue weighted by atomic mass is 10.1. The number of H-pyrrole nitrogens is 1. The van der Waals surface area contributed by atoms with Gasteiger partial charge in [0, 0.05) is 0 Å². The Kier molecular flexibility index (Phi) is 3.59. The van der Waals surface area contributed by atoms with Crippen molar-refractivity contribution in [1.29, 1.82) is 5.26 Å². The van der Waals surface area contributed by atoms with E-state index in [1.165, 1.54) is 11.1 Å². The van der Waals surface area contributed by atoms with Gasteiger partial charge in [0.15, 0.2) is 4.77 Å². The molecule has 3 rings (SSSR count). The summed E-state index contributed by atoms with van der Waals surface area (Å²) >= 11 is 5.44. The lowest BCUT2D eigenvalue weighted by Gasteiger charge is -2.09. The highest BCUT2D eigenvalue weighted by atomic mass is 32.1. The minimum Gasteiger partial charge on any atom is -0.329 e. The van der Waals surface area contributed by atoms with Crippen molar-refractivity contribution >= 4 is 23.3 Å². The third-order valence-electron chi connectivity index (χ3n) is 3.76. The monoisotopic (exact) mass is 293 g/mol. The van der Waals surface area contributed by atoms with E-state index in [1.807, 2.05) is 18.2 Å². The van der Waals surface area contributed by atoms with Gasteiger partial charge in [-0.05, 0) is 41.9 Å². The third-order valence-corrected chi connectivity index (χ3v) is 4.08. The largest absolute Gasteiger partial charge is 0.329 e. The molecule has 0 fully saturated rings. The van der Waals surface area contributed by atoms with E-state index in [0.29, 0.717) is 10.3 Å². The van der Waals surface area contributed by atoms with E-state index in [0.717, 1.165) is 24.0 Å². The number of benzene rings is 2. The van der Waals surface area contributed by atoms with Gasteiger partial charge in [0.25, 0.3) is 0 Å². The molecule has 0 aliphatic heterocycles. The Labute approximate surface area is 128 Å². The topological polar surface area (TPSA) is 44.5 Å². The second-order valence-electron chi connectivity index (χ2n) is 4.95. The van der Waals surface area contributed by atoms with Crippen molar-refractivity contribution in [2.24, 2.45) is 0 Å². The van der Waals surface area contributed by atoms with Crippen molar-refractivity contribution in [3.8, 4) is 6.07 Å². The van der Waals surface area contributed by atoms with E-state index >= 15 is 0 Å². The molecule has 0 amide bonds. The molecule has 4 heteroatoms. The maximum Gasteiger partial charge on any atom is 0.178 e. The number of para-hydroxylation sites is 1. The number of aromatic nitrogens is 2. The van der Waals surface area contributed by atoms with Crippen LogP contribution in [0.5, 0.6) is 0 Å². The number of rotatable bonds is 3. The van der Waals surface area contributed by atoms with Crippen molar-refractivity contribution in [2.45, 2.75) is 19.9 Å². The standard InChI is InChI=1S/C17H15N3S/c1-2-12-6-3-4-7-14(12)11-20-15-9-5-8-13(10-18)16(15)19-17(20)21/h3-9H,2,11H2,1H3,(H,19,21). The molecule has 0 saturated carbocycles. The first-order valence-electron chi connectivity index (χ1n) is 6.93. The first-order chi connectivity index (χ1) is 10.2. The van der Waals surface area contributed by atoms with Gasteiger partial charge in [-0.15, -0.1) is 0 Å². The van der Waals surface area contributed by atoms with Gasteiger partial charge < -0.3 is 9.55 Å². The number of fused-ring (bicyclic) bond motifs is 1. The summed E-state index contributed by atoms with van der Waals surface area (Å²) in [5.41, 5.74) is 5.01. The maximum atomic E-state index is 9.19. The van der Waals surface area contributed by atoms with Gasteiger partial charge in [-0.1, -0.05) is 37.3 Å². The normalized spacial score (nSPS) is 10.7. The molecule has 1 N–H and O–H groups in total. The number of aryl methyl sites for hydroxylation is 1. The van der Waals surface area contributed by atoms with Crippen molar-refractivity contribution in [3.05, 3.63) is 63.9 Å². The number of nitrogens with one attached hydrogen (secondary N) is 1. The van der Waals surface area contributed by atoms with Crippen molar-refractivity contribution in [2.75, 3.05) is 0 Å². The Morgan fingerprint density at radius 2 is 1.90 bits per heavy atom. The molecule has 0 spiro atoms. The van der Waals surface area contributed by atoms with Crippen molar-refractivity contribution < 1.29 is 0 Å². The van der Waals surface area contributed by atoms with E-state index in [1.54, 1.807) is 6.07 Å². The maximum absolute atomic E-state index is 9.19. The Bertz CT molecular complexity index is 896. The van der Waals surface area contributed by atoms with Crippen LogP contribution in [0.15, 0.2) is 42.5 Å². The fourth-order valence-corrected chi connectivity index (χ4v) is 2.92. The summed E-state index contributed by atoms with van der Waals surface area (Å²) in [5, 5.41) is 9.19. The van der Waals surface area contributed by atoms with Gasteiger partial charge in [0.1, 0.15) is 6.07 Å². The molecule has 0 aliphatic rings. The lowest BCUT2D eigenvalue weighted by Crippen LogP contribution is -2.02. The first-order valence-corrected chi connectivity index (χ1v) is 7.34. The van der Waals surface area contributed by atoms with Gasteiger partial charge >= 0.3 is 0 Å². The van der Waals surface area contributed by atoms with Gasteiger partial charge in [-0.25, -0.2) is 0 Å². The van der Waals surface area contributed by atoms with Crippen LogP contribution < -0.4 is 0 Å². The zero-order valence-corrected chi connectivity index (χ0v) is 12.6. The molecule has 3 aromatic rings. The van der Waals surface area contributed by atoms with E-state index < -0.39 is 0 Å². The van der Waals surface area contributed by atoms with Gasteiger partial charge in [0.05, 0.1) is 23.1 Å². The molecule has 0 aliphatic carbocycles. The van der Waals surface area contributed by atoms with Crippen molar-refractivity contribution in [3.63, 3.8) is 0 Å². The average molecular weight is 293 g/mol. The molecule has 0 bridgehead atoms. The van der Waals surface area contributed by atoms with Crippen LogP contribution in [0, 0.1) is 16.1 Å². The average Bonchev–Trinajstić information content (AvgIpc) is 2.84. The van der Waals surface area contributed by atoms with Crippen LogP contribution in [0.4, 0.5) is 0 Å². The van der Waals surface area contributed by atoms with Crippen molar-refractivity contribution in [1.82, 2.24) is 9.55 Å². The quantitative estimate of drug-likeness (QED) is 0.736. The Morgan fingerprint density at radius 3 is 2.62 bits per heavy atom. The molecule has 0 radical (unpaired) electrons. The summed E-state index contributed by atoms with van der Waals surface area (Å²) in [6.45, 7) is 2.87. The molecule has 21 heavy (non-hydrogen) atoms. The van der Waals surface area contributed by atoms with Crippen LogP contribution in [0.2, 0.25) is 0 Å². The summed E-state index contributed by atoms with van der Waals surface area (Å²) < 4.78 is 2.71. The summed E-state index contributed by atoms with van der Waals surface area (Å²) in [6.07, 6.45) is 0.995. The summed E-state index contributed by atoms with van der Waals surface area (Å²) in [7, 11) is 0. The van der Waals surface area contributed by atoms with Gasteiger partial charge in [-0.3, -0.25) is 0 Å². The summed E-state index contributed by atoms with van der Waals surface area (Å²) in [4.78, 5) is 3.16. The predicted octanol–water partition coefficient (Wildman–Crippen LogP) is 4.18. The van der Waals surface area contributed by atoms with Crippen LogP contribution >= 0.6 is 12.2 Å². The molecule has 2 aromatic carbocycles. The molecular weight excluding hydrogens is 278 g/mol. The third kappa shape index (κ3) is 2.37. The Morgan fingerprint density at radius 1 is 1.14 bits per heavy atom.